The molecule has 0 aliphatic heterocycles. The van der Waals surface area contributed by atoms with Crippen molar-refractivity contribution in [3.63, 3.8) is 0 Å². The lowest BCUT2D eigenvalue weighted by molar-refractivity contribution is -0.669. The second-order valence-electron chi connectivity index (χ2n) is 7.34. The molecule has 1 aromatic carbocycles. The molecular formula is C20H26F3N2S+. The second-order valence-corrected chi connectivity index (χ2v) is 8.41. The van der Waals surface area contributed by atoms with E-state index in [2.05, 4.69) is 4.57 Å². The van der Waals surface area contributed by atoms with E-state index in [9.17, 15) is 13.2 Å². The van der Waals surface area contributed by atoms with Gasteiger partial charge in [-0.3, -0.25) is 0 Å². The molecule has 0 N–H and O–H groups in total. The summed E-state index contributed by atoms with van der Waals surface area (Å²) in [5, 5.41) is 0.999. The lowest BCUT2D eigenvalue weighted by Gasteiger charge is -2.07. The van der Waals surface area contributed by atoms with Gasteiger partial charge in [-0.2, -0.15) is 17.7 Å². The van der Waals surface area contributed by atoms with E-state index in [4.69, 9.17) is 0 Å². The van der Waals surface area contributed by atoms with E-state index in [1.807, 2.05) is 31.3 Å². The van der Waals surface area contributed by atoms with Crippen molar-refractivity contribution < 1.29 is 17.7 Å². The van der Waals surface area contributed by atoms with Crippen LogP contribution in [0.1, 0.15) is 49.1 Å². The van der Waals surface area contributed by atoms with Gasteiger partial charge in [0, 0.05) is 38.9 Å². The zero-order valence-corrected chi connectivity index (χ0v) is 16.2. The topological polar surface area (TPSA) is 7.12 Å². The summed E-state index contributed by atoms with van der Waals surface area (Å²) in [6.07, 6.45) is 7.27. The number of hydrogen-bond acceptors (Lipinski definition) is 2. The van der Waals surface area contributed by atoms with Crippen LogP contribution >= 0.6 is 11.3 Å². The molecule has 3 rings (SSSR count). The van der Waals surface area contributed by atoms with Crippen molar-refractivity contribution in [3.05, 3.63) is 35.0 Å². The van der Waals surface area contributed by atoms with Gasteiger partial charge in [-0.15, -0.1) is 0 Å². The maximum atomic E-state index is 13.0. The van der Waals surface area contributed by atoms with Crippen LogP contribution in [0.25, 0.3) is 16.3 Å². The summed E-state index contributed by atoms with van der Waals surface area (Å²) in [6.45, 7) is 0.856. The SMILES string of the molecule is CN(C)/C=C/c1sc2cc(C(F)(F)F)ccc2[n+]1CCCC1CCCC1. The lowest BCUT2D eigenvalue weighted by Crippen LogP contribution is -2.35. The Balaban J connectivity index is 1.87. The Bertz CT molecular complexity index is 771. The molecule has 1 aliphatic carbocycles. The molecule has 0 atom stereocenters. The Kier molecular flexibility index (Phi) is 5.90. The molecule has 2 nitrogen and oxygen atoms in total. The average molecular weight is 384 g/mol. The van der Waals surface area contributed by atoms with E-state index in [0.29, 0.717) is 4.70 Å². The van der Waals surface area contributed by atoms with Gasteiger partial charge in [-0.05, 0) is 24.5 Å². The predicted molar refractivity (Wildman–Crippen MR) is 101 cm³/mol. The monoisotopic (exact) mass is 383 g/mol. The van der Waals surface area contributed by atoms with E-state index in [-0.39, 0.29) is 0 Å². The maximum absolute atomic E-state index is 13.0. The Morgan fingerprint density at radius 2 is 1.96 bits per heavy atom. The van der Waals surface area contributed by atoms with Crippen molar-refractivity contribution in [1.82, 2.24) is 4.90 Å². The fraction of sp³-hybridized carbons (Fsp3) is 0.550. The first-order chi connectivity index (χ1) is 12.3. The molecule has 0 bridgehead atoms. The summed E-state index contributed by atoms with van der Waals surface area (Å²) in [4.78, 5) is 1.94. The standard InChI is InChI=1S/C20H26F3N2S/c1-24(2)13-11-19-25(12-5-8-15-6-3-4-7-15)17-10-9-16(20(21,22)23)14-18(17)26-19/h9-11,13-15H,3-8,12H2,1-2H3/q+1. The summed E-state index contributed by atoms with van der Waals surface area (Å²) < 4.78 is 42.0. The van der Waals surface area contributed by atoms with Gasteiger partial charge < -0.3 is 4.90 Å². The first-order valence-electron chi connectivity index (χ1n) is 9.23. The van der Waals surface area contributed by atoms with Crippen molar-refractivity contribution in [1.29, 1.82) is 0 Å². The Hall–Kier alpha value is -1.56. The zero-order valence-electron chi connectivity index (χ0n) is 15.4. The molecule has 1 saturated carbocycles. The molecule has 0 saturated heterocycles. The van der Waals surface area contributed by atoms with Gasteiger partial charge in [-0.1, -0.05) is 37.0 Å². The van der Waals surface area contributed by atoms with E-state index >= 15 is 0 Å². The van der Waals surface area contributed by atoms with Gasteiger partial charge in [0.15, 0.2) is 6.54 Å². The Morgan fingerprint density at radius 3 is 2.62 bits per heavy atom. The number of aromatic nitrogens is 1. The van der Waals surface area contributed by atoms with E-state index in [1.165, 1.54) is 55.6 Å². The zero-order chi connectivity index (χ0) is 18.7. The van der Waals surface area contributed by atoms with Gasteiger partial charge in [-0.25, -0.2) is 0 Å². The molecule has 1 aliphatic rings. The second kappa shape index (κ2) is 7.99. The molecule has 1 fully saturated rings. The Morgan fingerprint density at radius 1 is 1.23 bits per heavy atom. The summed E-state index contributed by atoms with van der Waals surface area (Å²) in [5.41, 5.74) is 0.320. The van der Waals surface area contributed by atoms with Gasteiger partial charge in [0.25, 0.3) is 5.01 Å². The minimum absolute atomic E-state index is 0.576. The first-order valence-corrected chi connectivity index (χ1v) is 10.0. The smallest absolute Gasteiger partial charge is 0.383 e. The van der Waals surface area contributed by atoms with Crippen LogP contribution in [-0.2, 0) is 12.7 Å². The third kappa shape index (κ3) is 4.58. The highest BCUT2D eigenvalue weighted by Gasteiger charge is 2.32. The fourth-order valence-electron chi connectivity index (χ4n) is 3.69. The minimum atomic E-state index is -4.30. The predicted octanol–water partition coefficient (Wildman–Crippen LogP) is 5.71. The lowest BCUT2D eigenvalue weighted by atomic mass is 10.0. The van der Waals surface area contributed by atoms with Gasteiger partial charge >= 0.3 is 6.18 Å². The molecule has 2 aromatic rings. The van der Waals surface area contributed by atoms with Crippen molar-refractivity contribution in [2.24, 2.45) is 5.92 Å². The average Bonchev–Trinajstić information content (AvgIpc) is 3.19. The molecule has 0 amide bonds. The number of alkyl halides is 3. The fourth-order valence-corrected chi connectivity index (χ4v) is 4.81. The number of aryl methyl sites for hydroxylation is 1. The highest BCUT2D eigenvalue weighted by atomic mass is 32.1. The normalized spacial score (nSPS) is 16.2. The van der Waals surface area contributed by atoms with Crippen LogP contribution in [0, 0.1) is 5.92 Å². The van der Waals surface area contributed by atoms with Crippen LogP contribution in [0.3, 0.4) is 0 Å². The van der Waals surface area contributed by atoms with E-state index < -0.39 is 11.7 Å². The van der Waals surface area contributed by atoms with Crippen LogP contribution < -0.4 is 4.57 Å². The van der Waals surface area contributed by atoms with Crippen molar-refractivity contribution in [3.8, 4) is 0 Å². The van der Waals surface area contributed by atoms with Crippen LogP contribution in [0.15, 0.2) is 24.4 Å². The maximum Gasteiger partial charge on any atom is 0.416 e. The molecule has 1 heterocycles. The van der Waals surface area contributed by atoms with Crippen LogP contribution in [-0.4, -0.2) is 19.0 Å². The largest absolute Gasteiger partial charge is 0.416 e. The van der Waals surface area contributed by atoms with Crippen molar-refractivity contribution in [2.75, 3.05) is 14.1 Å². The molecule has 26 heavy (non-hydrogen) atoms. The molecule has 1 aromatic heterocycles. The molecule has 0 spiro atoms. The van der Waals surface area contributed by atoms with Gasteiger partial charge in [0.05, 0.1) is 5.56 Å². The molecule has 0 unspecified atom stereocenters. The highest BCUT2D eigenvalue weighted by molar-refractivity contribution is 7.18. The molecule has 142 valence electrons. The third-order valence-electron chi connectivity index (χ3n) is 5.04. The van der Waals surface area contributed by atoms with Crippen molar-refractivity contribution >= 4 is 27.6 Å². The van der Waals surface area contributed by atoms with Crippen molar-refractivity contribution in [2.45, 2.75) is 51.2 Å². The summed E-state index contributed by atoms with van der Waals surface area (Å²) in [5.74, 6) is 0.832. The highest BCUT2D eigenvalue weighted by Crippen LogP contribution is 2.33. The number of nitrogens with zero attached hydrogens (tertiary/aromatic N) is 2. The number of fused-ring (bicyclic) bond motifs is 1. The summed E-state index contributed by atoms with van der Waals surface area (Å²) in [6, 6.07) is 4.10. The summed E-state index contributed by atoms with van der Waals surface area (Å²) in [7, 11) is 3.88. The van der Waals surface area contributed by atoms with Crippen LogP contribution in [0.5, 0.6) is 0 Å². The third-order valence-corrected chi connectivity index (χ3v) is 6.16. The Labute approximate surface area is 156 Å². The minimum Gasteiger partial charge on any atom is -0.383 e. The summed E-state index contributed by atoms with van der Waals surface area (Å²) >= 11 is 1.43. The van der Waals surface area contributed by atoms with E-state index in [1.54, 1.807) is 6.07 Å². The van der Waals surface area contributed by atoms with Crippen LogP contribution in [0.4, 0.5) is 13.2 Å². The number of halogens is 3. The first kappa shape index (κ1) is 19.2. The van der Waals surface area contributed by atoms with Gasteiger partial charge in [0.1, 0.15) is 4.70 Å². The quantitative estimate of drug-likeness (QED) is 0.580. The molecule has 6 heteroatoms. The molecular weight excluding hydrogens is 357 g/mol. The number of thiazole rings is 1. The number of hydrogen-bond donors (Lipinski definition) is 0. The van der Waals surface area contributed by atoms with Crippen LogP contribution in [0.2, 0.25) is 0 Å². The number of rotatable bonds is 6. The van der Waals surface area contributed by atoms with Gasteiger partial charge in [0.2, 0.25) is 5.52 Å². The van der Waals surface area contributed by atoms with E-state index in [0.717, 1.165) is 29.4 Å². The molecule has 0 radical (unpaired) electrons. The number of benzene rings is 1.